The van der Waals surface area contributed by atoms with Crippen molar-refractivity contribution >= 4 is 5.71 Å². The number of halogens is 3. The number of methoxy groups -OCH3 is 1. The minimum Gasteiger partial charge on any atom is -0.375 e. The Bertz CT molecular complexity index is 989. The van der Waals surface area contributed by atoms with Crippen molar-refractivity contribution in [1.82, 2.24) is 4.68 Å². The van der Waals surface area contributed by atoms with Crippen molar-refractivity contribution in [3.63, 3.8) is 0 Å². The van der Waals surface area contributed by atoms with Crippen molar-refractivity contribution in [3.8, 4) is 17.3 Å². The Morgan fingerprint density at radius 2 is 1.96 bits per heavy atom. The van der Waals surface area contributed by atoms with Crippen LogP contribution in [0.15, 0.2) is 46.3 Å². The minimum atomic E-state index is -4.83. The summed E-state index contributed by atoms with van der Waals surface area (Å²) in [6.45, 7) is 0. The molecule has 5 nitrogen and oxygen atoms in total. The first-order valence-electron chi connectivity index (χ1n) is 8.80. The Labute approximate surface area is 159 Å². The molecule has 3 rings (SSSR count). The third-order valence-corrected chi connectivity index (χ3v) is 4.71. The highest BCUT2D eigenvalue weighted by Gasteiger charge is 2.37. The molecule has 0 amide bonds. The third-order valence-electron chi connectivity index (χ3n) is 4.71. The number of rotatable bonds is 3. The van der Waals surface area contributed by atoms with Crippen LogP contribution in [0.1, 0.15) is 36.8 Å². The van der Waals surface area contributed by atoms with Crippen LogP contribution in [0.5, 0.6) is 0 Å². The summed E-state index contributed by atoms with van der Waals surface area (Å²) < 4.78 is 46.7. The number of nitrogens with zero attached hydrogens (tertiary/aromatic N) is 3. The molecule has 1 aliphatic rings. The molecule has 1 atom stereocenters. The summed E-state index contributed by atoms with van der Waals surface area (Å²) in [4.78, 5) is 12.8. The van der Waals surface area contributed by atoms with Crippen LogP contribution in [0, 0.1) is 11.3 Å². The van der Waals surface area contributed by atoms with Crippen molar-refractivity contribution in [2.45, 2.75) is 38.0 Å². The summed E-state index contributed by atoms with van der Waals surface area (Å²) in [5, 5.41) is 13.6. The lowest BCUT2D eigenvalue weighted by atomic mass is 9.95. The predicted octanol–water partition coefficient (Wildman–Crippen LogP) is 4.20. The van der Waals surface area contributed by atoms with Gasteiger partial charge in [-0.15, -0.1) is 0 Å². The second kappa shape index (κ2) is 7.98. The van der Waals surface area contributed by atoms with E-state index in [2.05, 4.69) is 5.10 Å². The fourth-order valence-corrected chi connectivity index (χ4v) is 3.31. The fraction of sp³-hybridized carbons (Fsp3) is 0.350. The molecule has 8 heteroatoms. The molecule has 2 aromatic rings. The fourth-order valence-electron chi connectivity index (χ4n) is 3.31. The van der Waals surface area contributed by atoms with Crippen molar-refractivity contribution in [2.24, 2.45) is 5.10 Å². The van der Waals surface area contributed by atoms with Gasteiger partial charge in [-0.25, -0.2) is 0 Å². The largest absolute Gasteiger partial charge is 0.417 e. The molecule has 0 saturated heterocycles. The second-order valence-electron chi connectivity index (χ2n) is 6.47. The Balaban J connectivity index is 2.32. The average Bonchev–Trinajstić information content (AvgIpc) is 2.69. The summed E-state index contributed by atoms with van der Waals surface area (Å²) >= 11 is 0. The Morgan fingerprint density at radius 3 is 2.57 bits per heavy atom. The van der Waals surface area contributed by atoms with Gasteiger partial charge >= 0.3 is 6.18 Å². The van der Waals surface area contributed by atoms with Crippen LogP contribution in [-0.4, -0.2) is 23.6 Å². The third kappa shape index (κ3) is 3.85. The van der Waals surface area contributed by atoms with Crippen LogP contribution >= 0.6 is 0 Å². The van der Waals surface area contributed by atoms with Crippen molar-refractivity contribution in [1.29, 1.82) is 5.26 Å². The van der Waals surface area contributed by atoms with Gasteiger partial charge in [0.05, 0.1) is 23.1 Å². The Kier molecular flexibility index (Phi) is 5.66. The Morgan fingerprint density at radius 1 is 1.25 bits per heavy atom. The number of nitriles is 1. The van der Waals surface area contributed by atoms with Gasteiger partial charge in [-0.2, -0.15) is 28.2 Å². The summed E-state index contributed by atoms with van der Waals surface area (Å²) in [5.74, 6) is 0. The van der Waals surface area contributed by atoms with E-state index in [1.807, 2.05) is 0 Å². The van der Waals surface area contributed by atoms with E-state index in [1.165, 1.54) is 13.2 Å². The molecule has 146 valence electrons. The number of alkyl halides is 3. The van der Waals surface area contributed by atoms with Gasteiger partial charge in [-0.05, 0) is 25.3 Å². The normalized spacial score (nSPS) is 18.8. The van der Waals surface area contributed by atoms with E-state index in [9.17, 15) is 23.2 Å². The molecule has 0 radical (unpaired) electrons. The molecular formula is C20H18F3N3O2. The molecule has 1 aromatic carbocycles. The molecule has 28 heavy (non-hydrogen) atoms. The van der Waals surface area contributed by atoms with Crippen LogP contribution in [0.3, 0.4) is 0 Å². The zero-order chi connectivity index (χ0) is 20.3. The van der Waals surface area contributed by atoms with Crippen LogP contribution in [0.25, 0.3) is 11.3 Å². The standard InChI is InChI=1S/C20H18F3N3O2/c1-28-18-10-6-5-9-16(18)25-26-17(13-7-3-2-4-8-13)11-15(20(21,22)23)14(12-24)19(26)27/h2-4,7-8,11,18H,5-6,9-10H2,1H3/b25-16-. The van der Waals surface area contributed by atoms with Gasteiger partial charge in [0, 0.05) is 12.7 Å². The maximum atomic E-state index is 13.5. The average molecular weight is 389 g/mol. The highest BCUT2D eigenvalue weighted by Crippen LogP contribution is 2.33. The summed E-state index contributed by atoms with van der Waals surface area (Å²) in [6, 6.07) is 10.4. The number of hydrogen-bond acceptors (Lipinski definition) is 4. The van der Waals surface area contributed by atoms with Gasteiger partial charge in [-0.3, -0.25) is 4.79 Å². The first-order chi connectivity index (χ1) is 13.4. The van der Waals surface area contributed by atoms with E-state index in [4.69, 9.17) is 4.74 Å². The van der Waals surface area contributed by atoms with Gasteiger partial charge in [0.1, 0.15) is 11.6 Å². The lowest BCUT2D eigenvalue weighted by Gasteiger charge is -2.23. The zero-order valence-corrected chi connectivity index (χ0v) is 15.2. The lowest BCUT2D eigenvalue weighted by Crippen LogP contribution is -2.31. The van der Waals surface area contributed by atoms with E-state index in [0.717, 1.165) is 30.0 Å². The minimum absolute atomic E-state index is 0.0233. The van der Waals surface area contributed by atoms with Crippen LogP contribution < -0.4 is 5.56 Å². The molecule has 0 bridgehead atoms. The SMILES string of the molecule is COC1CCCC/C1=N/n1c(-c2ccccc2)cc(C(F)(F)F)c(C#N)c1=O. The van der Waals surface area contributed by atoms with E-state index < -0.39 is 22.9 Å². The number of benzene rings is 1. The topological polar surface area (TPSA) is 67.4 Å². The van der Waals surface area contributed by atoms with Crippen molar-refractivity contribution in [3.05, 3.63) is 57.9 Å². The first-order valence-corrected chi connectivity index (χ1v) is 8.80. The molecular weight excluding hydrogens is 371 g/mol. The van der Waals surface area contributed by atoms with Crippen LogP contribution in [0.4, 0.5) is 13.2 Å². The summed E-state index contributed by atoms with van der Waals surface area (Å²) in [6.07, 6.45) is -2.07. The summed E-state index contributed by atoms with van der Waals surface area (Å²) in [7, 11) is 1.53. The predicted molar refractivity (Wildman–Crippen MR) is 98.0 cm³/mol. The van der Waals surface area contributed by atoms with Crippen LogP contribution in [-0.2, 0) is 10.9 Å². The maximum Gasteiger partial charge on any atom is 0.417 e. The zero-order valence-electron chi connectivity index (χ0n) is 15.2. The van der Waals surface area contributed by atoms with Gasteiger partial charge in [-0.1, -0.05) is 36.8 Å². The number of pyridine rings is 1. The molecule has 1 unspecified atom stereocenters. The van der Waals surface area contributed by atoms with E-state index in [0.29, 0.717) is 17.7 Å². The highest BCUT2D eigenvalue weighted by atomic mass is 19.4. The molecule has 0 N–H and O–H groups in total. The maximum absolute atomic E-state index is 13.5. The molecule has 1 fully saturated rings. The molecule has 1 aromatic heterocycles. The van der Waals surface area contributed by atoms with Gasteiger partial charge in [0.25, 0.3) is 5.56 Å². The van der Waals surface area contributed by atoms with Crippen molar-refractivity contribution in [2.75, 3.05) is 7.11 Å². The molecule has 1 heterocycles. The molecule has 1 saturated carbocycles. The number of aromatic nitrogens is 1. The van der Waals surface area contributed by atoms with Crippen LogP contribution in [0.2, 0.25) is 0 Å². The van der Waals surface area contributed by atoms with E-state index >= 15 is 0 Å². The van der Waals surface area contributed by atoms with Gasteiger partial charge in [0.2, 0.25) is 0 Å². The van der Waals surface area contributed by atoms with E-state index in [1.54, 1.807) is 30.3 Å². The lowest BCUT2D eigenvalue weighted by molar-refractivity contribution is -0.137. The second-order valence-corrected chi connectivity index (χ2v) is 6.47. The first kappa shape index (κ1) is 19.8. The van der Waals surface area contributed by atoms with Crippen molar-refractivity contribution < 1.29 is 17.9 Å². The highest BCUT2D eigenvalue weighted by molar-refractivity contribution is 5.89. The molecule has 0 spiro atoms. The van der Waals surface area contributed by atoms with Gasteiger partial charge in [0.15, 0.2) is 0 Å². The smallest absolute Gasteiger partial charge is 0.375 e. The van der Waals surface area contributed by atoms with E-state index in [-0.39, 0.29) is 11.8 Å². The number of hydrogen-bond donors (Lipinski definition) is 0. The van der Waals surface area contributed by atoms with Gasteiger partial charge < -0.3 is 4.74 Å². The number of ether oxygens (including phenoxy) is 1. The summed E-state index contributed by atoms with van der Waals surface area (Å²) in [5.41, 5.74) is -2.38. The monoisotopic (exact) mass is 389 g/mol. The Hall–Kier alpha value is -2.92. The quantitative estimate of drug-likeness (QED) is 0.790. The molecule has 0 aliphatic heterocycles. The molecule has 1 aliphatic carbocycles.